The van der Waals surface area contributed by atoms with Crippen molar-refractivity contribution in [1.29, 1.82) is 0 Å². The highest BCUT2D eigenvalue weighted by Gasteiger charge is 2.56. The Morgan fingerprint density at radius 2 is 2.40 bits per heavy atom. The van der Waals surface area contributed by atoms with Crippen LogP contribution < -0.4 is 0 Å². The molecule has 2 heteroatoms. The van der Waals surface area contributed by atoms with Gasteiger partial charge in [-0.15, -0.1) is 0 Å². The summed E-state index contributed by atoms with van der Waals surface area (Å²) in [6, 6.07) is 0. The molecule has 1 saturated carbocycles. The summed E-state index contributed by atoms with van der Waals surface area (Å²) in [5, 5.41) is 0. The summed E-state index contributed by atoms with van der Waals surface area (Å²) in [7, 11) is 1.99. The molecule has 1 aliphatic carbocycles. The normalized spacial score (nSPS) is 37.3. The summed E-state index contributed by atoms with van der Waals surface area (Å²) >= 11 is 0. The van der Waals surface area contributed by atoms with Crippen LogP contribution >= 0.6 is 0 Å². The van der Waals surface area contributed by atoms with Gasteiger partial charge in [0.15, 0.2) is 5.78 Å². The van der Waals surface area contributed by atoms with Gasteiger partial charge in [0.1, 0.15) is 5.54 Å². The first-order valence-corrected chi connectivity index (χ1v) is 3.69. The monoisotopic (exact) mass is 137 g/mol. The topological polar surface area (TPSA) is 20.3 Å². The summed E-state index contributed by atoms with van der Waals surface area (Å²) in [4.78, 5) is 13.1. The Kier molecular flexibility index (Phi) is 0.967. The maximum absolute atomic E-state index is 11.0. The van der Waals surface area contributed by atoms with E-state index in [1.165, 1.54) is 0 Å². The number of Topliss-reactive ketones (excluding diaryl/α,β-unsaturated/α-hetero) is 1. The van der Waals surface area contributed by atoms with Crippen LogP contribution in [0.5, 0.6) is 0 Å². The molecule has 0 saturated heterocycles. The molecule has 10 heavy (non-hydrogen) atoms. The number of carbonyl (C=O) groups excluding carboxylic acids is 1. The second kappa shape index (κ2) is 1.62. The smallest absolute Gasteiger partial charge is 0.161 e. The number of ketones is 1. The molecule has 1 fully saturated rings. The van der Waals surface area contributed by atoms with E-state index < -0.39 is 0 Å². The number of rotatable bonds is 0. The van der Waals surface area contributed by atoms with Crippen molar-refractivity contribution in [2.24, 2.45) is 0 Å². The van der Waals surface area contributed by atoms with Gasteiger partial charge in [-0.3, -0.25) is 4.79 Å². The molecule has 1 aliphatic heterocycles. The zero-order valence-corrected chi connectivity index (χ0v) is 6.13. The van der Waals surface area contributed by atoms with Crippen molar-refractivity contribution >= 4 is 5.78 Å². The lowest BCUT2D eigenvalue weighted by atomic mass is 10.1. The summed E-state index contributed by atoms with van der Waals surface area (Å²) in [5.41, 5.74) is -0.0469. The lowest BCUT2D eigenvalue weighted by Crippen LogP contribution is -2.33. The van der Waals surface area contributed by atoms with E-state index in [4.69, 9.17) is 0 Å². The maximum Gasteiger partial charge on any atom is 0.161 e. The minimum absolute atomic E-state index is 0.0469. The zero-order chi connectivity index (χ0) is 7.19. The highest BCUT2D eigenvalue weighted by Crippen LogP contribution is 2.42. The number of carbonyl (C=O) groups is 1. The Morgan fingerprint density at radius 1 is 1.70 bits per heavy atom. The van der Waals surface area contributed by atoms with Crippen LogP contribution in [-0.4, -0.2) is 23.3 Å². The van der Waals surface area contributed by atoms with Crippen LogP contribution in [0.3, 0.4) is 0 Å². The fourth-order valence-electron chi connectivity index (χ4n) is 1.64. The van der Waals surface area contributed by atoms with Crippen molar-refractivity contribution in [3.63, 3.8) is 0 Å². The third-order valence-electron chi connectivity index (χ3n) is 2.58. The highest BCUT2D eigenvalue weighted by molar-refractivity contribution is 6.05. The molecular formula is C8H11NO. The molecule has 0 aromatic rings. The molecule has 2 nitrogen and oxygen atoms in total. The van der Waals surface area contributed by atoms with Crippen molar-refractivity contribution in [3.8, 4) is 0 Å². The Hall–Kier alpha value is -0.790. The van der Waals surface area contributed by atoms with Gasteiger partial charge in [-0.1, -0.05) is 6.08 Å². The van der Waals surface area contributed by atoms with Crippen molar-refractivity contribution in [2.75, 3.05) is 7.05 Å². The number of likely N-dealkylation sites (N-methyl/N-ethyl adjacent to an activating group) is 1. The van der Waals surface area contributed by atoms with Gasteiger partial charge < -0.3 is 4.90 Å². The Bertz CT molecular complexity index is 209. The number of allylic oxidation sites excluding steroid dienone is 1. The van der Waals surface area contributed by atoms with Crippen LogP contribution in [0.25, 0.3) is 0 Å². The van der Waals surface area contributed by atoms with Crippen LogP contribution in [0.4, 0.5) is 0 Å². The summed E-state index contributed by atoms with van der Waals surface area (Å²) in [6.45, 7) is 0. The van der Waals surface area contributed by atoms with Gasteiger partial charge in [-0.2, -0.15) is 0 Å². The lowest BCUT2D eigenvalue weighted by molar-refractivity contribution is -0.113. The van der Waals surface area contributed by atoms with E-state index in [0.29, 0.717) is 5.78 Å². The van der Waals surface area contributed by atoms with Crippen molar-refractivity contribution < 1.29 is 4.79 Å². The van der Waals surface area contributed by atoms with Crippen LogP contribution in [0.15, 0.2) is 12.3 Å². The predicted octanol–water partition coefficient (Wildman–Crippen LogP) is 0.937. The van der Waals surface area contributed by atoms with E-state index in [2.05, 4.69) is 11.0 Å². The van der Waals surface area contributed by atoms with Crippen LogP contribution in [0.1, 0.15) is 19.3 Å². The Morgan fingerprint density at radius 3 is 2.80 bits per heavy atom. The average Bonchev–Trinajstić information content (AvgIpc) is 2.53. The second-order valence-corrected chi connectivity index (χ2v) is 3.17. The average molecular weight is 137 g/mol. The molecule has 2 aliphatic rings. The van der Waals surface area contributed by atoms with Crippen molar-refractivity contribution in [1.82, 2.24) is 4.90 Å². The molecule has 0 N–H and O–H groups in total. The van der Waals surface area contributed by atoms with Crippen LogP contribution in [-0.2, 0) is 4.79 Å². The Balaban J connectivity index is 2.24. The maximum atomic E-state index is 11.0. The van der Waals surface area contributed by atoms with E-state index in [1.807, 2.05) is 13.2 Å². The second-order valence-electron chi connectivity index (χ2n) is 3.17. The molecular weight excluding hydrogens is 126 g/mol. The molecule has 0 amide bonds. The third-order valence-corrected chi connectivity index (χ3v) is 2.58. The predicted molar refractivity (Wildman–Crippen MR) is 38.5 cm³/mol. The quantitative estimate of drug-likeness (QED) is 0.495. The van der Waals surface area contributed by atoms with Gasteiger partial charge in [-0.25, -0.2) is 0 Å². The van der Waals surface area contributed by atoms with Crippen molar-refractivity contribution in [3.05, 3.63) is 12.3 Å². The van der Waals surface area contributed by atoms with Gasteiger partial charge in [0.05, 0.1) is 0 Å². The number of hydrogen-bond donors (Lipinski definition) is 0. The van der Waals surface area contributed by atoms with Gasteiger partial charge >= 0.3 is 0 Å². The fraction of sp³-hybridized carbons (Fsp3) is 0.625. The van der Waals surface area contributed by atoms with Crippen molar-refractivity contribution in [2.45, 2.75) is 24.8 Å². The third kappa shape index (κ3) is 0.564. The minimum atomic E-state index is -0.0469. The molecule has 0 radical (unpaired) electrons. The summed E-state index contributed by atoms with van der Waals surface area (Å²) in [5.74, 6) is 0.416. The van der Waals surface area contributed by atoms with Crippen LogP contribution in [0.2, 0.25) is 0 Å². The largest absolute Gasteiger partial charge is 0.368 e. The van der Waals surface area contributed by atoms with E-state index in [-0.39, 0.29) is 5.54 Å². The molecule has 1 heterocycles. The molecule has 0 bridgehead atoms. The Labute approximate surface area is 60.5 Å². The first-order chi connectivity index (χ1) is 4.76. The highest BCUT2D eigenvalue weighted by atomic mass is 16.1. The number of hydrogen-bond acceptors (Lipinski definition) is 2. The van der Waals surface area contributed by atoms with E-state index >= 15 is 0 Å². The summed E-state index contributed by atoms with van der Waals surface area (Å²) < 4.78 is 0. The van der Waals surface area contributed by atoms with Gasteiger partial charge in [-0.05, 0) is 19.0 Å². The molecule has 0 aromatic heterocycles. The lowest BCUT2D eigenvalue weighted by Gasteiger charge is -2.27. The van der Waals surface area contributed by atoms with E-state index in [9.17, 15) is 4.79 Å². The van der Waals surface area contributed by atoms with Gasteiger partial charge in [0.2, 0.25) is 0 Å². The zero-order valence-electron chi connectivity index (χ0n) is 6.13. The first kappa shape index (κ1) is 5.96. The van der Waals surface area contributed by atoms with E-state index in [1.54, 1.807) is 0 Å². The van der Waals surface area contributed by atoms with Gasteiger partial charge in [0.25, 0.3) is 0 Å². The molecule has 2 rings (SSSR count). The molecule has 54 valence electrons. The SMILES string of the molecule is CN1C=CCCC12CC2=O. The fourth-order valence-corrected chi connectivity index (χ4v) is 1.64. The standard InChI is InChI=1S/C8H11NO/c1-9-5-3-2-4-8(9)6-7(8)10/h3,5H,2,4,6H2,1H3. The summed E-state index contributed by atoms with van der Waals surface area (Å²) in [6.07, 6.45) is 7.01. The van der Waals surface area contributed by atoms with Gasteiger partial charge in [0, 0.05) is 13.5 Å². The van der Waals surface area contributed by atoms with E-state index in [0.717, 1.165) is 19.3 Å². The molecule has 1 atom stereocenters. The molecule has 1 unspecified atom stereocenters. The molecule has 1 spiro atoms. The minimum Gasteiger partial charge on any atom is -0.368 e. The molecule has 0 aromatic carbocycles. The number of nitrogens with zero attached hydrogens (tertiary/aromatic N) is 1. The first-order valence-electron chi connectivity index (χ1n) is 3.69. The van der Waals surface area contributed by atoms with Crippen LogP contribution in [0, 0.1) is 0 Å².